The molecule has 6 heteroatoms. The average molecular weight is 391 g/mol. The first-order valence-electron chi connectivity index (χ1n) is 9.34. The van der Waals surface area contributed by atoms with E-state index >= 15 is 0 Å². The second-order valence-electron chi connectivity index (χ2n) is 7.38. The van der Waals surface area contributed by atoms with Gasteiger partial charge in [0.1, 0.15) is 12.1 Å². The molecule has 0 fully saturated rings. The number of fused-ring (bicyclic) bond motifs is 2. The molecule has 0 unspecified atom stereocenters. The van der Waals surface area contributed by atoms with E-state index < -0.39 is 0 Å². The van der Waals surface area contributed by atoms with Crippen LogP contribution in [0.4, 0.5) is 5.95 Å². The van der Waals surface area contributed by atoms with Crippen molar-refractivity contribution >= 4 is 23.3 Å². The normalized spacial score (nSPS) is 23.4. The lowest BCUT2D eigenvalue weighted by Gasteiger charge is -2.38. The molecule has 0 bridgehead atoms. The van der Waals surface area contributed by atoms with Crippen molar-refractivity contribution in [2.75, 3.05) is 5.32 Å². The largest absolute Gasteiger partial charge is 0.328 e. The maximum absolute atomic E-state index is 13.3. The van der Waals surface area contributed by atoms with E-state index in [2.05, 4.69) is 40.5 Å². The molecule has 5 nitrogen and oxygen atoms in total. The van der Waals surface area contributed by atoms with Gasteiger partial charge in [-0.25, -0.2) is 4.68 Å². The van der Waals surface area contributed by atoms with Crippen LogP contribution in [0.15, 0.2) is 66.6 Å². The molecule has 1 aliphatic heterocycles. The van der Waals surface area contributed by atoms with Crippen LogP contribution in [0.3, 0.4) is 0 Å². The number of nitrogens with one attached hydrogen (secondary N) is 1. The van der Waals surface area contributed by atoms with Crippen LogP contribution < -0.4 is 5.32 Å². The van der Waals surface area contributed by atoms with Crippen molar-refractivity contribution in [1.29, 1.82) is 0 Å². The highest BCUT2D eigenvalue weighted by molar-refractivity contribution is 6.30. The summed E-state index contributed by atoms with van der Waals surface area (Å²) in [7, 11) is 0. The summed E-state index contributed by atoms with van der Waals surface area (Å²) in [6.07, 6.45) is 4.19. The molecule has 5 rings (SSSR count). The number of allylic oxidation sites excluding steroid dienone is 2. The SMILES string of the molecule is Cc1ccccc1[C@@H]1C=C2Nc3ncnn3[C@@H](c3ccc(Cl)cc3)[C@@H]2C(=O)C1. The van der Waals surface area contributed by atoms with E-state index in [4.69, 9.17) is 11.6 Å². The van der Waals surface area contributed by atoms with Gasteiger partial charge in [0.2, 0.25) is 5.95 Å². The summed E-state index contributed by atoms with van der Waals surface area (Å²) >= 11 is 6.07. The Morgan fingerprint density at radius 1 is 1.14 bits per heavy atom. The number of carbonyl (C=O) groups is 1. The Bertz CT molecular complexity index is 1090. The van der Waals surface area contributed by atoms with Crippen LogP contribution in [0, 0.1) is 12.8 Å². The van der Waals surface area contributed by atoms with Crippen LogP contribution in [0.5, 0.6) is 0 Å². The van der Waals surface area contributed by atoms with Crippen molar-refractivity contribution in [2.24, 2.45) is 5.92 Å². The van der Waals surface area contributed by atoms with Gasteiger partial charge in [-0.3, -0.25) is 4.79 Å². The Hall–Kier alpha value is -2.92. The molecular weight excluding hydrogens is 372 g/mol. The van der Waals surface area contributed by atoms with Crippen molar-refractivity contribution in [3.8, 4) is 0 Å². The highest BCUT2D eigenvalue weighted by Crippen LogP contribution is 2.44. The number of hydrogen-bond acceptors (Lipinski definition) is 4. The highest BCUT2D eigenvalue weighted by atomic mass is 35.5. The molecule has 140 valence electrons. The third-order valence-corrected chi connectivity index (χ3v) is 5.94. The Labute approximate surface area is 168 Å². The van der Waals surface area contributed by atoms with Gasteiger partial charge in [-0.1, -0.05) is 54.1 Å². The van der Waals surface area contributed by atoms with Crippen molar-refractivity contribution in [3.63, 3.8) is 0 Å². The molecule has 3 atom stereocenters. The van der Waals surface area contributed by atoms with Gasteiger partial charge in [0, 0.05) is 23.1 Å². The Balaban J connectivity index is 1.62. The second-order valence-corrected chi connectivity index (χ2v) is 7.82. The van der Waals surface area contributed by atoms with Crippen LogP contribution in [-0.2, 0) is 4.79 Å². The standard InChI is InChI=1S/C22H19ClN4O/c1-13-4-2-3-5-17(13)15-10-18-20(19(28)11-15)21(14-6-8-16(23)9-7-14)27-22(26-18)24-12-25-27/h2-10,12,15,20-21H,11H2,1H3,(H,24,25,26)/t15-,20+,21+/m1/s1. The maximum Gasteiger partial charge on any atom is 0.226 e. The summed E-state index contributed by atoms with van der Waals surface area (Å²) in [5, 5.41) is 8.40. The number of ketones is 1. The van der Waals surface area contributed by atoms with E-state index in [9.17, 15) is 4.79 Å². The molecule has 0 amide bonds. The predicted molar refractivity (Wildman–Crippen MR) is 108 cm³/mol. The number of hydrogen-bond donors (Lipinski definition) is 1. The summed E-state index contributed by atoms with van der Waals surface area (Å²) < 4.78 is 1.80. The number of nitrogens with zero attached hydrogens (tertiary/aromatic N) is 3. The molecule has 0 saturated heterocycles. The highest BCUT2D eigenvalue weighted by Gasteiger charge is 2.43. The Morgan fingerprint density at radius 2 is 1.93 bits per heavy atom. The molecule has 3 aromatic rings. The lowest BCUT2D eigenvalue weighted by atomic mass is 9.75. The molecule has 28 heavy (non-hydrogen) atoms. The summed E-state index contributed by atoms with van der Waals surface area (Å²) in [6, 6.07) is 15.6. The monoisotopic (exact) mass is 390 g/mol. The van der Waals surface area contributed by atoms with E-state index in [1.807, 2.05) is 36.4 Å². The molecule has 2 aliphatic rings. The third kappa shape index (κ3) is 2.74. The number of Topliss-reactive ketones (excluding diaryl/α,β-unsaturated/α-hetero) is 1. The third-order valence-electron chi connectivity index (χ3n) is 5.69. The molecule has 1 aliphatic carbocycles. The zero-order valence-corrected chi connectivity index (χ0v) is 16.1. The minimum absolute atomic E-state index is 0.0628. The van der Waals surface area contributed by atoms with Gasteiger partial charge in [-0.05, 0) is 35.7 Å². The van der Waals surface area contributed by atoms with E-state index in [0.29, 0.717) is 17.4 Å². The van der Waals surface area contributed by atoms with E-state index in [-0.39, 0.29) is 23.7 Å². The van der Waals surface area contributed by atoms with Crippen LogP contribution in [0.2, 0.25) is 5.02 Å². The number of benzene rings is 2. The minimum atomic E-state index is -0.310. The number of anilines is 1. The zero-order valence-electron chi connectivity index (χ0n) is 15.3. The number of halogens is 1. The Morgan fingerprint density at radius 3 is 2.71 bits per heavy atom. The molecule has 0 spiro atoms. The van der Waals surface area contributed by atoms with Crippen LogP contribution in [0.25, 0.3) is 0 Å². The van der Waals surface area contributed by atoms with Crippen LogP contribution in [0.1, 0.15) is 35.1 Å². The fraction of sp³-hybridized carbons (Fsp3) is 0.227. The van der Waals surface area contributed by atoms with Gasteiger partial charge < -0.3 is 5.32 Å². The number of carbonyl (C=O) groups excluding carboxylic acids is 1. The smallest absolute Gasteiger partial charge is 0.226 e. The van der Waals surface area contributed by atoms with Gasteiger partial charge in [-0.15, -0.1) is 0 Å². The molecule has 2 heterocycles. The van der Waals surface area contributed by atoms with Gasteiger partial charge in [0.15, 0.2) is 0 Å². The molecular formula is C22H19ClN4O. The van der Waals surface area contributed by atoms with Gasteiger partial charge >= 0.3 is 0 Å². The molecule has 0 saturated carbocycles. The fourth-order valence-corrected chi connectivity index (χ4v) is 4.50. The van der Waals surface area contributed by atoms with Crippen molar-refractivity contribution in [1.82, 2.24) is 14.8 Å². The predicted octanol–water partition coefficient (Wildman–Crippen LogP) is 4.51. The van der Waals surface area contributed by atoms with Crippen molar-refractivity contribution in [3.05, 3.63) is 88.3 Å². The average Bonchev–Trinajstić information content (AvgIpc) is 3.15. The van der Waals surface area contributed by atoms with E-state index in [1.165, 1.54) is 17.5 Å². The van der Waals surface area contributed by atoms with Crippen molar-refractivity contribution in [2.45, 2.75) is 25.3 Å². The number of aromatic nitrogens is 3. The lowest BCUT2D eigenvalue weighted by molar-refractivity contribution is -0.123. The minimum Gasteiger partial charge on any atom is -0.328 e. The first kappa shape index (κ1) is 17.2. The van der Waals surface area contributed by atoms with E-state index in [1.54, 1.807) is 4.68 Å². The zero-order chi connectivity index (χ0) is 19.3. The van der Waals surface area contributed by atoms with Gasteiger partial charge in [0.05, 0.1) is 12.0 Å². The lowest BCUT2D eigenvalue weighted by Crippen LogP contribution is -2.40. The first-order chi connectivity index (χ1) is 13.6. The molecule has 1 aromatic heterocycles. The Kier molecular flexibility index (Phi) is 4.05. The number of aryl methyl sites for hydroxylation is 1. The fourth-order valence-electron chi connectivity index (χ4n) is 4.37. The summed E-state index contributed by atoms with van der Waals surface area (Å²) in [5.41, 5.74) is 4.30. The summed E-state index contributed by atoms with van der Waals surface area (Å²) in [6.45, 7) is 2.09. The first-order valence-corrected chi connectivity index (χ1v) is 9.71. The summed E-state index contributed by atoms with van der Waals surface area (Å²) in [5.74, 6) is 0.614. The molecule has 1 N–H and O–H groups in total. The molecule has 2 aromatic carbocycles. The molecule has 0 radical (unpaired) electrons. The van der Waals surface area contributed by atoms with Gasteiger partial charge in [0.25, 0.3) is 0 Å². The second kappa shape index (κ2) is 6.60. The van der Waals surface area contributed by atoms with Crippen LogP contribution >= 0.6 is 11.6 Å². The topological polar surface area (TPSA) is 59.8 Å². The van der Waals surface area contributed by atoms with E-state index in [0.717, 1.165) is 11.3 Å². The van der Waals surface area contributed by atoms with Crippen molar-refractivity contribution < 1.29 is 4.79 Å². The van der Waals surface area contributed by atoms with Gasteiger partial charge in [-0.2, -0.15) is 10.1 Å². The maximum atomic E-state index is 13.3. The summed E-state index contributed by atoms with van der Waals surface area (Å²) in [4.78, 5) is 17.7. The quantitative estimate of drug-likeness (QED) is 0.699. The number of rotatable bonds is 2. The van der Waals surface area contributed by atoms with Crippen LogP contribution in [-0.4, -0.2) is 20.5 Å².